The maximum Gasteiger partial charge on any atom is 0.184 e. The maximum absolute atomic E-state index is 6.12. The zero-order valence-electron chi connectivity index (χ0n) is 17.3. The third-order valence-corrected chi connectivity index (χ3v) is 5.68. The number of nitrogens with zero attached hydrogens (tertiary/aromatic N) is 4. The molecule has 0 aliphatic carbocycles. The topological polar surface area (TPSA) is 50.7 Å². The van der Waals surface area contributed by atoms with Gasteiger partial charge in [-0.05, 0) is 19.1 Å². The van der Waals surface area contributed by atoms with Gasteiger partial charge in [-0.1, -0.05) is 37.6 Å². The van der Waals surface area contributed by atoms with Gasteiger partial charge >= 0.3 is 0 Å². The molecule has 2 aliphatic heterocycles. The van der Waals surface area contributed by atoms with Crippen LogP contribution < -0.4 is 4.90 Å². The maximum atomic E-state index is 6.12. The van der Waals surface area contributed by atoms with E-state index in [0.29, 0.717) is 12.5 Å². The van der Waals surface area contributed by atoms with Gasteiger partial charge in [0, 0.05) is 61.0 Å². The van der Waals surface area contributed by atoms with Crippen LogP contribution in [0, 0.1) is 6.92 Å². The standard InChI is InChI=1S/C22H29ClN4O2/c1-15(2)21-24-16(3)12-20(25-21)27-10-8-26(9-11-27)13-19-14-28-22(29-19)17-4-6-18(23)7-5-17/h4-7,12,15,19,22H,8-11,13-14H2,1-3H3/t19-,22-/m0/s1. The second kappa shape index (κ2) is 8.96. The van der Waals surface area contributed by atoms with Crippen LogP contribution in [-0.2, 0) is 9.47 Å². The molecule has 0 saturated carbocycles. The number of ether oxygens (including phenoxy) is 2. The van der Waals surface area contributed by atoms with E-state index in [0.717, 1.165) is 60.6 Å². The summed E-state index contributed by atoms with van der Waals surface area (Å²) in [6.45, 7) is 11.7. The molecule has 0 N–H and O–H groups in total. The van der Waals surface area contributed by atoms with E-state index in [1.165, 1.54) is 0 Å². The zero-order chi connectivity index (χ0) is 20.4. The Hall–Kier alpha value is -1.73. The second-order valence-electron chi connectivity index (χ2n) is 8.14. The molecule has 7 heteroatoms. The van der Waals surface area contributed by atoms with Gasteiger partial charge in [-0.3, -0.25) is 4.90 Å². The van der Waals surface area contributed by atoms with Gasteiger partial charge in [-0.2, -0.15) is 0 Å². The number of hydrogen-bond donors (Lipinski definition) is 0. The highest BCUT2D eigenvalue weighted by molar-refractivity contribution is 6.30. The average Bonchev–Trinajstić information content (AvgIpc) is 3.17. The number of aromatic nitrogens is 2. The molecular weight excluding hydrogens is 388 g/mol. The lowest BCUT2D eigenvalue weighted by Crippen LogP contribution is -2.49. The van der Waals surface area contributed by atoms with Crippen LogP contribution in [0.5, 0.6) is 0 Å². The highest BCUT2D eigenvalue weighted by atomic mass is 35.5. The number of anilines is 1. The molecule has 2 aliphatic rings. The molecule has 156 valence electrons. The van der Waals surface area contributed by atoms with E-state index in [4.69, 9.17) is 26.1 Å². The normalized spacial score (nSPS) is 23.1. The number of benzene rings is 1. The molecule has 3 heterocycles. The molecule has 0 radical (unpaired) electrons. The van der Waals surface area contributed by atoms with Crippen molar-refractivity contribution in [3.8, 4) is 0 Å². The van der Waals surface area contributed by atoms with Crippen molar-refractivity contribution in [1.82, 2.24) is 14.9 Å². The summed E-state index contributed by atoms with van der Waals surface area (Å²) in [6.07, 6.45) is -0.201. The first-order valence-electron chi connectivity index (χ1n) is 10.3. The van der Waals surface area contributed by atoms with E-state index in [9.17, 15) is 0 Å². The molecule has 1 aromatic heterocycles. The van der Waals surface area contributed by atoms with Gasteiger partial charge in [-0.25, -0.2) is 9.97 Å². The molecule has 2 fully saturated rings. The van der Waals surface area contributed by atoms with Gasteiger partial charge in [0.2, 0.25) is 0 Å². The lowest BCUT2D eigenvalue weighted by Gasteiger charge is -2.36. The summed E-state index contributed by atoms with van der Waals surface area (Å²) in [5, 5.41) is 0.723. The predicted octanol–water partition coefficient (Wildman–Crippen LogP) is 3.80. The fourth-order valence-corrected chi connectivity index (χ4v) is 3.91. The van der Waals surface area contributed by atoms with E-state index in [-0.39, 0.29) is 12.4 Å². The molecule has 2 atom stereocenters. The quantitative estimate of drug-likeness (QED) is 0.739. The minimum absolute atomic E-state index is 0.0936. The van der Waals surface area contributed by atoms with Crippen LogP contribution in [0.25, 0.3) is 0 Å². The molecule has 0 bridgehead atoms. The highest BCUT2D eigenvalue weighted by Crippen LogP contribution is 2.28. The smallest absolute Gasteiger partial charge is 0.184 e. The summed E-state index contributed by atoms with van der Waals surface area (Å²) < 4.78 is 12.0. The molecule has 29 heavy (non-hydrogen) atoms. The molecule has 2 aromatic rings. The van der Waals surface area contributed by atoms with E-state index in [2.05, 4.69) is 34.7 Å². The monoisotopic (exact) mass is 416 g/mol. The lowest BCUT2D eigenvalue weighted by molar-refractivity contribution is -0.0644. The van der Waals surface area contributed by atoms with Gasteiger partial charge in [0.25, 0.3) is 0 Å². The van der Waals surface area contributed by atoms with Gasteiger partial charge in [0.05, 0.1) is 12.7 Å². The largest absolute Gasteiger partial charge is 0.354 e. The van der Waals surface area contributed by atoms with Gasteiger partial charge < -0.3 is 14.4 Å². The van der Waals surface area contributed by atoms with Gasteiger partial charge in [-0.15, -0.1) is 0 Å². The summed E-state index contributed by atoms with van der Waals surface area (Å²) in [4.78, 5) is 14.2. The van der Waals surface area contributed by atoms with Crippen LogP contribution in [0.15, 0.2) is 30.3 Å². The number of rotatable bonds is 5. The summed E-state index contributed by atoms with van der Waals surface area (Å²) in [7, 11) is 0. The van der Waals surface area contributed by atoms with Crippen molar-refractivity contribution in [2.45, 2.75) is 39.1 Å². The van der Waals surface area contributed by atoms with Crippen molar-refractivity contribution in [1.29, 1.82) is 0 Å². The van der Waals surface area contributed by atoms with Crippen molar-refractivity contribution in [3.63, 3.8) is 0 Å². The average molecular weight is 417 g/mol. The summed E-state index contributed by atoms with van der Waals surface area (Å²) in [6, 6.07) is 9.75. The van der Waals surface area contributed by atoms with Crippen LogP contribution >= 0.6 is 11.6 Å². The summed E-state index contributed by atoms with van der Waals surface area (Å²) in [5.41, 5.74) is 2.05. The van der Waals surface area contributed by atoms with Crippen LogP contribution in [0.4, 0.5) is 5.82 Å². The number of hydrogen-bond acceptors (Lipinski definition) is 6. The number of halogens is 1. The highest BCUT2D eigenvalue weighted by Gasteiger charge is 2.30. The Morgan fingerprint density at radius 3 is 2.52 bits per heavy atom. The van der Waals surface area contributed by atoms with Crippen molar-refractivity contribution in [2.75, 3.05) is 44.2 Å². The fourth-order valence-electron chi connectivity index (χ4n) is 3.78. The first-order chi connectivity index (χ1) is 14.0. The van der Waals surface area contributed by atoms with Crippen LogP contribution in [0.2, 0.25) is 5.02 Å². The van der Waals surface area contributed by atoms with E-state index < -0.39 is 0 Å². The lowest BCUT2D eigenvalue weighted by atomic mass is 10.2. The zero-order valence-corrected chi connectivity index (χ0v) is 18.1. The van der Waals surface area contributed by atoms with Crippen LogP contribution in [0.3, 0.4) is 0 Å². The second-order valence-corrected chi connectivity index (χ2v) is 8.58. The third kappa shape index (κ3) is 5.07. The molecule has 6 nitrogen and oxygen atoms in total. The third-order valence-electron chi connectivity index (χ3n) is 5.42. The molecule has 4 rings (SSSR count). The Morgan fingerprint density at radius 2 is 1.83 bits per heavy atom. The minimum Gasteiger partial charge on any atom is -0.354 e. The Labute approximate surface area is 177 Å². The van der Waals surface area contributed by atoms with Crippen molar-refractivity contribution in [3.05, 3.63) is 52.4 Å². The summed E-state index contributed by atoms with van der Waals surface area (Å²) >= 11 is 5.96. The first-order valence-corrected chi connectivity index (χ1v) is 10.7. The van der Waals surface area contributed by atoms with Crippen LogP contribution in [0.1, 0.15) is 43.1 Å². The van der Waals surface area contributed by atoms with Crippen molar-refractivity contribution in [2.24, 2.45) is 0 Å². The van der Waals surface area contributed by atoms with Gasteiger partial charge in [0.15, 0.2) is 6.29 Å². The van der Waals surface area contributed by atoms with Crippen molar-refractivity contribution < 1.29 is 9.47 Å². The van der Waals surface area contributed by atoms with E-state index in [1.54, 1.807) is 0 Å². The molecule has 1 aromatic carbocycles. The molecule has 0 amide bonds. The number of piperazine rings is 1. The van der Waals surface area contributed by atoms with Crippen LogP contribution in [-0.4, -0.2) is 60.3 Å². The summed E-state index contributed by atoms with van der Waals surface area (Å²) in [5.74, 6) is 2.30. The Morgan fingerprint density at radius 1 is 1.10 bits per heavy atom. The molecular formula is C22H29ClN4O2. The molecule has 0 spiro atoms. The fraction of sp³-hybridized carbons (Fsp3) is 0.545. The SMILES string of the molecule is Cc1cc(N2CCN(C[C@H]3CO[C@H](c4ccc(Cl)cc4)O3)CC2)nc(C(C)C)n1. The molecule has 2 saturated heterocycles. The van der Waals surface area contributed by atoms with Crippen molar-refractivity contribution >= 4 is 17.4 Å². The first kappa shape index (κ1) is 20.5. The predicted molar refractivity (Wildman–Crippen MR) is 115 cm³/mol. The molecule has 0 unspecified atom stereocenters. The minimum atomic E-state index is -0.294. The number of aryl methyl sites for hydroxylation is 1. The Balaban J connectivity index is 1.29. The van der Waals surface area contributed by atoms with E-state index >= 15 is 0 Å². The van der Waals surface area contributed by atoms with Gasteiger partial charge in [0.1, 0.15) is 11.6 Å². The Bertz CT molecular complexity index is 822. The Kier molecular flexibility index (Phi) is 6.35. The van der Waals surface area contributed by atoms with E-state index in [1.807, 2.05) is 31.2 Å².